The molecular weight excluding hydrogens is 411 g/mol. The lowest BCUT2D eigenvalue weighted by molar-refractivity contribution is -0.122. The lowest BCUT2D eigenvalue weighted by Crippen LogP contribution is -2.50. The molecule has 2 aromatic heterocycles. The topological polar surface area (TPSA) is 105 Å². The number of fused-ring (bicyclic) bond motifs is 1. The first-order valence-corrected chi connectivity index (χ1v) is 10.9. The molecule has 1 fully saturated rings. The molecule has 0 spiro atoms. The summed E-state index contributed by atoms with van der Waals surface area (Å²) in [6.07, 6.45) is 4.25. The van der Waals surface area contributed by atoms with Crippen LogP contribution in [0.4, 0.5) is 10.1 Å². The molecule has 0 bridgehead atoms. The van der Waals surface area contributed by atoms with Crippen LogP contribution in [0.1, 0.15) is 13.3 Å². The molecule has 0 radical (unpaired) electrons. The summed E-state index contributed by atoms with van der Waals surface area (Å²) in [6, 6.07) is 8.84. The van der Waals surface area contributed by atoms with Gasteiger partial charge in [0, 0.05) is 38.1 Å². The van der Waals surface area contributed by atoms with Crippen molar-refractivity contribution in [3.05, 3.63) is 54.6 Å². The van der Waals surface area contributed by atoms with Gasteiger partial charge in [-0.2, -0.15) is 0 Å². The predicted molar refractivity (Wildman–Crippen MR) is 112 cm³/mol. The number of benzene rings is 1. The quantitative estimate of drug-likeness (QED) is 0.607. The van der Waals surface area contributed by atoms with Gasteiger partial charge in [-0.1, -0.05) is 13.0 Å². The van der Waals surface area contributed by atoms with Crippen molar-refractivity contribution >= 4 is 33.2 Å². The summed E-state index contributed by atoms with van der Waals surface area (Å²) in [5.41, 5.74) is 1.91. The molecule has 1 aromatic carbocycles. The molecule has 0 amide bonds. The molecule has 1 atom stereocenters. The zero-order valence-electron chi connectivity index (χ0n) is 16.4. The fraction of sp³-hybridized carbons (Fsp3) is 0.300. The summed E-state index contributed by atoms with van der Waals surface area (Å²) in [4.78, 5) is 14.9. The van der Waals surface area contributed by atoms with Gasteiger partial charge >= 0.3 is 0 Å². The average Bonchev–Trinajstić information content (AvgIpc) is 3.15. The molecule has 1 aliphatic rings. The smallest absolute Gasteiger partial charge is 0.290 e. The normalized spacial score (nSPS) is 16.7. The number of pyridine rings is 1. The number of anilines is 1. The van der Waals surface area contributed by atoms with Crippen molar-refractivity contribution in [2.24, 2.45) is 0 Å². The van der Waals surface area contributed by atoms with E-state index < -0.39 is 15.8 Å². The third-order valence-corrected chi connectivity index (χ3v) is 6.62. The molecule has 1 unspecified atom stereocenters. The molecule has 30 heavy (non-hydrogen) atoms. The molecule has 3 heterocycles. The number of nitrogens with one attached hydrogen (secondary N) is 1. The van der Waals surface area contributed by atoms with E-state index in [9.17, 15) is 12.8 Å². The van der Waals surface area contributed by atoms with Crippen molar-refractivity contribution in [3.63, 3.8) is 0 Å². The third-order valence-electron chi connectivity index (χ3n) is 4.95. The maximum Gasteiger partial charge on any atom is 0.290 e. The largest absolute Gasteiger partial charge is 0.483 e. The van der Waals surface area contributed by atoms with Crippen molar-refractivity contribution in [1.82, 2.24) is 14.3 Å². The van der Waals surface area contributed by atoms with E-state index in [1.807, 2.05) is 0 Å². The van der Waals surface area contributed by atoms with Gasteiger partial charge in [-0.05, 0) is 36.8 Å². The van der Waals surface area contributed by atoms with E-state index in [2.05, 4.69) is 22.1 Å². The van der Waals surface area contributed by atoms with E-state index in [0.717, 1.165) is 37.8 Å². The Morgan fingerprint density at radius 3 is 2.80 bits per heavy atom. The predicted octanol–water partition coefficient (Wildman–Crippen LogP) is 2.30. The van der Waals surface area contributed by atoms with Crippen LogP contribution in [0.25, 0.3) is 11.0 Å². The van der Waals surface area contributed by atoms with E-state index >= 15 is 0 Å². The first-order chi connectivity index (χ1) is 14.4. The standard InChI is InChI=1S/C19H21FN4O2S.CH2O2/c1-2-15-12-23(10-9-21-15)18-13-24(17-7-4-8-22-19(17)18)27(25,26)16-6-3-5-14(20)11-16;2-1-3/h3-8,11,13,15,21H,2,9-10,12H2,1H3;1H,(H,2,3). The second-order valence-corrected chi connectivity index (χ2v) is 8.57. The molecule has 4 rings (SSSR count). The lowest BCUT2D eigenvalue weighted by atomic mass is 10.1. The van der Waals surface area contributed by atoms with Crippen LogP contribution in [0.3, 0.4) is 0 Å². The minimum absolute atomic E-state index is 0.0819. The molecule has 2 N–H and O–H groups in total. The fourth-order valence-corrected chi connectivity index (χ4v) is 4.89. The van der Waals surface area contributed by atoms with Crippen LogP contribution in [0.5, 0.6) is 0 Å². The number of hydrogen-bond donors (Lipinski definition) is 2. The molecule has 0 saturated carbocycles. The zero-order chi connectivity index (χ0) is 21.7. The number of rotatable bonds is 4. The van der Waals surface area contributed by atoms with Gasteiger partial charge in [0.1, 0.15) is 11.3 Å². The van der Waals surface area contributed by atoms with Gasteiger partial charge in [0.25, 0.3) is 16.5 Å². The van der Waals surface area contributed by atoms with Crippen LogP contribution in [0.15, 0.2) is 53.7 Å². The SMILES string of the molecule is CCC1CN(c2cn(S(=O)(=O)c3cccc(F)c3)c3cccnc23)CCN1.O=CO. The second-order valence-electron chi connectivity index (χ2n) is 6.75. The molecule has 1 aliphatic heterocycles. The Balaban J connectivity index is 0.000000806. The van der Waals surface area contributed by atoms with Crippen LogP contribution < -0.4 is 10.2 Å². The van der Waals surface area contributed by atoms with Crippen molar-refractivity contribution in [2.75, 3.05) is 24.5 Å². The van der Waals surface area contributed by atoms with E-state index in [1.54, 1.807) is 24.5 Å². The summed E-state index contributed by atoms with van der Waals surface area (Å²) in [5, 5.41) is 10.3. The highest BCUT2D eigenvalue weighted by Crippen LogP contribution is 2.31. The Bertz CT molecular complexity index is 1130. The van der Waals surface area contributed by atoms with Crippen molar-refractivity contribution < 1.29 is 22.7 Å². The van der Waals surface area contributed by atoms with Crippen LogP contribution in [0.2, 0.25) is 0 Å². The van der Waals surface area contributed by atoms with Crippen LogP contribution in [-0.2, 0) is 14.8 Å². The molecule has 1 saturated heterocycles. The molecular formula is C20H23FN4O4S. The van der Waals surface area contributed by atoms with Crippen molar-refractivity contribution in [2.45, 2.75) is 24.3 Å². The minimum Gasteiger partial charge on any atom is -0.483 e. The summed E-state index contributed by atoms with van der Waals surface area (Å²) in [6.45, 7) is 4.25. The van der Waals surface area contributed by atoms with Gasteiger partial charge in [-0.25, -0.2) is 16.8 Å². The van der Waals surface area contributed by atoms with E-state index in [0.29, 0.717) is 17.1 Å². The van der Waals surface area contributed by atoms with Crippen molar-refractivity contribution in [3.8, 4) is 0 Å². The first-order valence-electron chi connectivity index (χ1n) is 9.45. The van der Waals surface area contributed by atoms with Crippen LogP contribution >= 0.6 is 0 Å². The summed E-state index contributed by atoms with van der Waals surface area (Å²) in [5.74, 6) is -0.584. The highest BCUT2D eigenvalue weighted by Gasteiger charge is 2.26. The number of carboxylic acid groups (broad SMARTS) is 1. The first kappa shape index (κ1) is 21.7. The number of hydrogen-bond acceptors (Lipinski definition) is 6. The van der Waals surface area contributed by atoms with Crippen molar-refractivity contribution in [1.29, 1.82) is 0 Å². The Morgan fingerprint density at radius 1 is 1.33 bits per heavy atom. The number of carbonyl (C=O) groups is 1. The summed E-state index contributed by atoms with van der Waals surface area (Å²) in [7, 11) is -3.93. The zero-order valence-corrected chi connectivity index (χ0v) is 17.2. The fourth-order valence-electron chi connectivity index (χ4n) is 3.50. The Kier molecular flexibility index (Phi) is 6.68. The highest BCUT2D eigenvalue weighted by molar-refractivity contribution is 7.90. The van der Waals surface area contributed by atoms with Crippen LogP contribution in [-0.4, -0.2) is 54.6 Å². The number of halogens is 1. The van der Waals surface area contributed by atoms with E-state index in [1.165, 1.54) is 22.2 Å². The molecule has 160 valence electrons. The minimum atomic E-state index is -3.93. The number of nitrogens with zero attached hydrogens (tertiary/aromatic N) is 3. The second kappa shape index (κ2) is 9.23. The monoisotopic (exact) mass is 434 g/mol. The molecule has 10 heteroatoms. The molecule has 0 aliphatic carbocycles. The Labute approximate surface area is 174 Å². The number of aromatic nitrogens is 2. The third kappa shape index (κ3) is 4.29. The number of piperazine rings is 1. The summed E-state index contributed by atoms with van der Waals surface area (Å²) >= 11 is 0. The van der Waals surface area contributed by atoms with Gasteiger partial charge in [0.05, 0.1) is 16.1 Å². The summed E-state index contributed by atoms with van der Waals surface area (Å²) < 4.78 is 41.1. The van der Waals surface area contributed by atoms with E-state index in [-0.39, 0.29) is 11.4 Å². The Morgan fingerprint density at radius 2 is 2.10 bits per heavy atom. The van der Waals surface area contributed by atoms with Gasteiger partial charge in [-0.3, -0.25) is 9.78 Å². The lowest BCUT2D eigenvalue weighted by Gasteiger charge is -2.34. The van der Waals surface area contributed by atoms with Gasteiger partial charge in [-0.15, -0.1) is 0 Å². The maximum atomic E-state index is 13.6. The molecule has 3 aromatic rings. The van der Waals surface area contributed by atoms with Gasteiger partial charge < -0.3 is 15.3 Å². The van der Waals surface area contributed by atoms with E-state index in [4.69, 9.17) is 9.90 Å². The average molecular weight is 434 g/mol. The van der Waals surface area contributed by atoms with Crippen LogP contribution in [0, 0.1) is 5.82 Å². The molecule has 8 nitrogen and oxygen atoms in total. The maximum absolute atomic E-state index is 13.6. The Hall–Kier alpha value is -2.98. The highest BCUT2D eigenvalue weighted by atomic mass is 32.2. The van der Waals surface area contributed by atoms with Gasteiger partial charge in [0.15, 0.2) is 0 Å². The van der Waals surface area contributed by atoms with Gasteiger partial charge in [0.2, 0.25) is 0 Å².